The molecule has 0 radical (unpaired) electrons. The summed E-state index contributed by atoms with van der Waals surface area (Å²) in [6, 6.07) is 5.85. The molecule has 0 unspecified atom stereocenters. The minimum absolute atomic E-state index is 0.0940. The fourth-order valence-corrected chi connectivity index (χ4v) is 3.08. The van der Waals surface area contributed by atoms with Gasteiger partial charge in [0.25, 0.3) is 0 Å². The van der Waals surface area contributed by atoms with Crippen LogP contribution in [-0.4, -0.2) is 56.1 Å². The third-order valence-electron chi connectivity index (χ3n) is 4.42. The number of ether oxygens (including phenoxy) is 1. The Morgan fingerprint density at radius 1 is 1.30 bits per heavy atom. The summed E-state index contributed by atoms with van der Waals surface area (Å²) in [6.07, 6.45) is 1.96. The van der Waals surface area contributed by atoms with Crippen molar-refractivity contribution in [1.82, 2.24) is 9.80 Å². The van der Waals surface area contributed by atoms with E-state index < -0.39 is 0 Å². The summed E-state index contributed by atoms with van der Waals surface area (Å²) in [4.78, 5) is 16.7. The molecule has 0 aliphatic carbocycles. The van der Waals surface area contributed by atoms with Gasteiger partial charge in [0.1, 0.15) is 11.9 Å². The SMILES string of the molecule is CCOCC1CCN(C(=O)[C@@H](c2ccc(F)cc2)N(C)C)CC1. The highest BCUT2D eigenvalue weighted by atomic mass is 19.1. The van der Waals surface area contributed by atoms with E-state index in [4.69, 9.17) is 4.74 Å². The van der Waals surface area contributed by atoms with E-state index in [0.29, 0.717) is 5.92 Å². The van der Waals surface area contributed by atoms with Crippen molar-refractivity contribution in [2.75, 3.05) is 40.4 Å². The molecule has 23 heavy (non-hydrogen) atoms. The standard InChI is InChI=1S/C18H27FN2O2/c1-4-23-13-14-9-11-21(12-10-14)18(22)17(20(2)3)15-5-7-16(19)8-6-15/h5-8,14,17H,4,9-13H2,1-3H3/t17-/m1/s1. The van der Waals surface area contributed by atoms with Crippen LogP contribution in [0.1, 0.15) is 31.4 Å². The Morgan fingerprint density at radius 2 is 1.91 bits per heavy atom. The van der Waals surface area contributed by atoms with Crippen molar-refractivity contribution >= 4 is 5.91 Å². The van der Waals surface area contributed by atoms with Gasteiger partial charge in [0.05, 0.1) is 0 Å². The van der Waals surface area contributed by atoms with Crippen LogP contribution in [0.2, 0.25) is 0 Å². The molecule has 1 aromatic rings. The number of likely N-dealkylation sites (tertiary alicyclic amines) is 1. The van der Waals surface area contributed by atoms with Gasteiger partial charge in [-0.3, -0.25) is 9.69 Å². The summed E-state index contributed by atoms with van der Waals surface area (Å²) in [5, 5.41) is 0. The lowest BCUT2D eigenvalue weighted by molar-refractivity contribution is -0.138. The quantitative estimate of drug-likeness (QED) is 0.807. The number of likely N-dealkylation sites (N-methyl/N-ethyl adjacent to an activating group) is 1. The highest BCUT2D eigenvalue weighted by molar-refractivity contribution is 5.83. The van der Waals surface area contributed by atoms with Gasteiger partial charge >= 0.3 is 0 Å². The number of amides is 1. The number of hydrogen-bond acceptors (Lipinski definition) is 3. The minimum Gasteiger partial charge on any atom is -0.381 e. The summed E-state index contributed by atoms with van der Waals surface area (Å²) < 4.78 is 18.6. The van der Waals surface area contributed by atoms with Crippen molar-refractivity contribution in [3.05, 3.63) is 35.6 Å². The molecule has 1 atom stereocenters. The number of nitrogens with zero attached hydrogens (tertiary/aromatic N) is 2. The molecule has 5 heteroatoms. The van der Waals surface area contributed by atoms with Crippen molar-refractivity contribution in [2.45, 2.75) is 25.8 Å². The molecule has 0 aromatic heterocycles. The highest BCUT2D eigenvalue weighted by Crippen LogP contribution is 2.25. The first-order chi connectivity index (χ1) is 11.0. The van der Waals surface area contributed by atoms with E-state index in [-0.39, 0.29) is 17.8 Å². The van der Waals surface area contributed by atoms with Gasteiger partial charge in [-0.1, -0.05) is 12.1 Å². The van der Waals surface area contributed by atoms with Gasteiger partial charge in [-0.15, -0.1) is 0 Å². The summed E-state index contributed by atoms with van der Waals surface area (Å²) in [7, 11) is 3.77. The predicted octanol–water partition coefficient (Wildman–Crippen LogP) is 2.70. The van der Waals surface area contributed by atoms with Crippen LogP contribution in [0.5, 0.6) is 0 Å². The molecule has 0 spiro atoms. The van der Waals surface area contributed by atoms with E-state index in [1.807, 2.05) is 30.8 Å². The zero-order valence-corrected chi connectivity index (χ0v) is 14.3. The summed E-state index contributed by atoms with van der Waals surface area (Å²) in [5.74, 6) is 0.356. The number of piperidine rings is 1. The smallest absolute Gasteiger partial charge is 0.244 e. The molecular formula is C18H27FN2O2. The molecule has 4 nitrogen and oxygen atoms in total. The zero-order valence-electron chi connectivity index (χ0n) is 14.3. The van der Waals surface area contributed by atoms with E-state index in [0.717, 1.165) is 44.7 Å². The zero-order chi connectivity index (χ0) is 16.8. The van der Waals surface area contributed by atoms with Crippen LogP contribution in [0.15, 0.2) is 24.3 Å². The molecule has 1 fully saturated rings. The predicted molar refractivity (Wildman–Crippen MR) is 88.6 cm³/mol. The Bertz CT molecular complexity index is 496. The largest absolute Gasteiger partial charge is 0.381 e. The van der Waals surface area contributed by atoms with Crippen LogP contribution in [0, 0.1) is 11.7 Å². The average Bonchev–Trinajstić information content (AvgIpc) is 2.55. The normalized spacial score (nSPS) is 17.5. The molecule has 1 aliphatic rings. The van der Waals surface area contributed by atoms with Crippen molar-refractivity contribution in [3.8, 4) is 0 Å². The van der Waals surface area contributed by atoms with Gasteiger partial charge in [-0.2, -0.15) is 0 Å². The molecule has 2 rings (SSSR count). The molecule has 128 valence electrons. The number of hydrogen-bond donors (Lipinski definition) is 0. The van der Waals surface area contributed by atoms with E-state index in [1.165, 1.54) is 12.1 Å². The van der Waals surface area contributed by atoms with Crippen LogP contribution in [-0.2, 0) is 9.53 Å². The summed E-state index contributed by atoms with van der Waals surface area (Å²) in [6.45, 7) is 5.06. The summed E-state index contributed by atoms with van der Waals surface area (Å²) >= 11 is 0. The first-order valence-electron chi connectivity index (χ1n) is 8.31. The molecule has 1 saturated heterocycles. The van der Waals surface area contributed by atoms with E-state index in [2.05, 4.69) is 0 Å². The Morgan fingerprint density at radius 3 is 2.43 bits per heavy atom. The fraction of sp³-hybridized carbons (Fsp3) is 0.611. The van der Waals surface area contributed by atoms with Crippen molar-refractivity contribution in [2.24, 2.45) is 5.92 Å². The molecule has 0 N–H and O–H groups in total. The monoisotopic (exact) mass is 322 g/mol. The Hall–Kier alpha value is -1.46. The van der Waals surface area contributed by atoms with Crippen LogP contribution < -0.4 is 0 Å². The Kier molecular flexibility index (Phi) is 6.54. The second-order valence-corrected chi connectivity index (χ2v) is 6.35. The van der Waals surface area contributed by atoms with Crippen molar-refractivity contribution in [1.29, 1.82) is 0 Å². The van der Waals surface area contributed by atoms with Gasteiger partial charge in [-0.05, 0) is 57.5 Å². The van der Waals surface area contributed by atoms with Crippen LogP contribution in [0.3, 0.4) is 0 Å². The number of carbonyl (C=O) groups excluding carboxylic acids is 1. The third-order valence-corrected chi connectivity index (χ3v) is 4.42. The van der Waals surface area contributed by atoms with Gasteiger partial charge in [0.2, 0.25) is 5.91 Å². The third kappa shape index (κ3) is 4.75. The maximum absolute atomic E-state index is 13.1. The van der Waals surface area contributed by atoms with E-state index in [9.17, 15) is 9.18 Å². The topological polar surface area (TPSA) is 32.8 Å². The number of halogens is 1. The van der Waals surface area contributed by atoms with Gasteiger partial charge in [0, 0.05) is 26.3 Å². The number of benzene rings is 1. The Balaban J connectivity index is 2.01. The second kappa shape index (κ2) is 8.41. The van der Waals surface area contributed by atoms with Gasteiger partial charge in [-0.25, -0.2) is 4.39 Å². The van der Waals surface area contributed by atoms with Crippen LogP contribution >= 0.6 is 0 Å². The molecule has 0 bridgehead atoms. The van der Waals surface area contributed by atoms with Crippen LogP contribution in [0.25, 0.3) is 0 Å². The number of rotatable bonds is 6. The maximum atomic E-state index is 13.1. The molecule has 1 aliphatic heterocycles. The van der Waals surface area contributed by atoms with E-state index >= 15 is 0 Å². The lowest BCUT2D eigenvalue weighted by Gasteiger charge is -2.36. The number of carbonyl (C=O) groups is 1. The molecule has 1 amide bonds. The maximum Gasteiger partial charge on any atom is 0.244 e. The van der Waals surface area contributed by atoms with Crippen LogP contribution in [0.4, 0.5) is 4.39 Å². The van der Waals surface area contributed by atoms with Gasteiger partial charge in [0.15, 0.2) is 0 Å². The molecule has 0 saturated carbocycles. The molecule has 1 aromatic carbocycles. The minimum atomic E-state index is -0.362. The molecule has 1 heterocycles. The summed E-state index contributed by atoms with van der Waals surface area (Å²) in [5.41, 5.74) is 0.831. The highest BCUT2D eigenvalue weighted by Gasteiger charge is 2.30. The first-order valence-corrected chi connectivity index (χ1v) is 8.31. The lowest BCUT2D eigenvalue weighted by Crippen LogP contribution is -2.45. The Labute approximate surface area is 138 Å². The second-order valence-electron chi connectivity index (χ2n) is 6.35. The lowest BCUT2D eigenvalue weighted by atomic mass is 9.96. The van der Waals surface area contributed by atoms with Crippen molar-refractivity contribution in [3.63, 3.8) is 0 Å². The average molecular weight is 322 g/mol. The van der Waals surface area contributed by atoms with Crippen molar-refractivity contribution < 1.29 is 13.9 Å². The fourth-order valence-electron chi connectivity index (χ4n) is 3.08. The first kappa shape index (κ1) is 17.9. The van der Waals surface area contributed by atoms with Gasteiger partial charge < -0.3 is 9.64 Å². The molecular weight excluding hydrogens is 295 g/mol. The van der Waals surface area contributed by atoms with E-state index in [1.54, 1.807) is 12.1 Å².